The molecule has 6 heteroatoms. The van der Waals surface area contributed by atoms with Crippen molar-refractivity contribution in [2.45, 2.75) is 51.1 Å². The zero-order chi connectivity index (χ0) is 22.7. The van der Waals surface area contributed by atoms with Crippen LogP contribution in [0.4, 0.5) is 0 Å². The van der Waals surface area contributed by atoms with E-state index in [9.17, 15) is 9.59 Å². The lowest BCUT2D eigenvalue weighted by Crippen LogP contribution is -2.63. The molecule has 1 heterocycles. The molecule has 2 aromatic carbocycles. The van der Waals surface area contributed by atoms with Crippen LogP contribution in [0.1, 0.15) is 37.1 Å². The van der Waals surface area contributed by atoms with Gasteiger partial charge in [0, 0.05) is 29.6 Å². The summed E-state index contributed by atoms with van der Waals surface area (Å²) in [7, 11) is 0. The van der Waals surface area contributed by atoms with Gasteiger partial charge in [0.05, 0.1) is 0 Å². The van der Waals surface area contributed by atoms with Crippen LogP contribution in [0.15, 0.2) is 54.6 Å². The number of hydrogen-bond acceptors (Lipinski definition) is 3. The van der Waals surface area contributed by atoms with E-state index in [1.165, 1.54) is 16.8 Å². The minimum Gasteiger partial charge on any atom is -0.368 e. The molecule has 0 spiro atoms. The van der Waals surface area contributed by atoms with Gasteiger partial charge in [0.1, 0.15) is 11.6 Å². The van der Waals surface area contributed by atoms with E-state index >= 15 is 0 Å². The predicted molar refractivity (Wildman–Crippen MR) is 127 cm³/mol. The van der Waals surface area contributed by atoms with Gasteiger partial charge in [-0.15, -0.1) is 0 Å². The van der Waals surface area contributed by atoms with Gasteiger partial charge in [-0.1, -0.05) is 62.4 Å². The van der Waals surface area contributed by atoms with Gasteiger partial charge in [-0.2, -0.15) is 0 Å². The Bertz CT molecular complexity index is 1110. The number of benzene rings is 2. The van der Waals surface area contributed by atoms with Gasteiger partial charge in [-0.25, -0.2) is 0 Å². The topological polar surface area (TPSA) is 100 Å². The molecular formula is C26H32N4O2. The molecule has 2 atom stereocenters. The van der Waals surface area contributed by atoms with E-state index in [1.54, 1.807) is 0 Å². The number of fused-ring (bicyclic) bond motifs is 3. The van der Waals surface area contributed by atoms with Crippen LogP contribution in [0.3, 0.4) is 0 Å². The number of para-hydroxylation sites is 1. The molecule has 4 rings (SSSR count). The normalized spacial score (nSPS) is 19.0. The van der Waals surface area contributed by atoms with Crippen molar-refractivity contribution in [2.24, 2.45) is 11.7 Å². The summed E-state index contributed by atoms with van der Waals surface area (Å²) in [6.45, 7) is 4.45. The monoisotopic (exact) mass is 432 g/mol. The van der Waals surface area contributed by atoms with Crippen LogP contribution in [-0.4, -0.2) is 34.9 Å². The number of carbonyl (C=O) groups excluding carboxylic acids is 2. The van der Waals surface area contributed by atoms with E-state index in [-0.39, 0.29) is 11.8 Å². The number of aromatic nitrogens is 1. The molecule has 0 saturated heterocycles. The van der Waals surface area contributed by atoms with E-state index in [1.807, 2.05) is 44.2 Å². The van der Waals surface area contributed by atoms with Gasteiger partial charge in [0.25, 0.3) is 0 Å². The predicted octanol–water partition coefficient (Wildman–Crippen LogP) is 2.85. The molecule has 0 bridgehead atoms. The molecule has 6 nitrogen and oxygen atoms in total. The lowest BCUT2D eigenvalue weighted by atomic mass is 9.78. The molecule has 0 fully saturated rings. The van der Waals surface area contributed by atoms with Crippen LogP contribution in [0.2, 0.25) is 0 Å². The van der Waals surface area contributed by atoms with Gasteiger partial charge >= 0.3 is 0 Å². The molecule has 0 saturated carbocycles. The van der Waals surface area contributed by atoms with Crippen molar-refractivity contribution >= 4 is 22.7 Å². The van der Waals surface area contributed by atoms with Gasteiger partial charge in [-0.3, -0.25) is 9.59 Å². The molecule has 1 aliphatic rings. The van der Waals surface area contributed by atoms with Crippen LogP contribution in [-0.2, 0) is 28.9 Å². The highest BCUT2D eigenvalue weighted by atomic mass is 16.2. The average Bonchev–Trinajstić information content (AvgIpc) is 3.15. The molecule has 1 aromatic heterocycles. The number of nitrogens with one attached hydrogen (secondary N) is 3. The molecule has 0 unspecified atom stereocenters. The number of nitrogens with two attached hydrogens (primary N) is 1. The third kappa shape index (κ3) is 4.41. The molecule has 0 aliphatic heterocycles. The van der Waals surface area contributed by atoms with Crippen LogP contribution in [0, 0.1) is 5.92 Å². The maximum Gasteiger partial charge on any atom is 0.241 e. The second kappa shape index (κ2) is 9.17. The summed E-state index contributed by atoms with van der Waals surface area (Å²) >= 11 is 0. The van der Waals surface area contributed by atoms with Crippen molar-refractivity contribution in [3.8, 4) is 0 Å². The van der Waals surface area contributed by atoms with Crippen molar-refractivity contribution < 1.29 is 9.59 Å². The highest BCUT2D eigenvalue weighted by molar-refractivity contribution is 5.94. The molecule has 3 aromatic rings. The standard InChI is InChI=1S/C26H32N4O2/c1-17(2)23(24(27)31)30-25(32)26(28-15-13-18-8-4-3-5-9-18)14-12-22-20(16-26)19-10-6-7-11-21(19)29-22/h3-11,17,23,28-29H,12-16H2,1-2H3,(H2,27,31)(H,30,32)/t23-,26-/m0/s1. The van der Waals surface area contributed by atoms with E-state index < -0.39 is 17.5 Å². The quantitative estimate of drug-likeness (QED) is 0.440. The maximum atomic E-state index is 13.7. The number of aryl methyl sites for hydroxylation is 1. The average molecular weight is 433 g/mol. The van der Waals surface area contributed by atoms with Crippen LogP contribution < -0.4 is 16.4 Å². The van der Waals surface area contributed by atoms with Crippen LogP contribution in [0.25, 0.3) is 10.9 Å². The molecular weight excluding hydrogens is 400 g/mol. The fourth-order valence-corrected chi connectivity index (χ4v) is 4.76. The Morgan fingerprint density at radius 2 is 1.81 bits per heavy atom. The van der Waals surface area contributed by atoms with Crippen molar-refractivity contribution in [1.82, 2.24) is 15.6 Å². The van der Waals surface area contributed by atoms with Crippen molar-refractivity contribution in [2.75, 3.05) is 6.54 Å². The Morgan fingerprint density at radius 1 is 1.09 bits per heavy atom. The van der Waals surface area contributed by atoms with Gasteiger partial charge in [0.2, 0.25) is 11.8 Å². The SMILES string of the molecule is CC(C)[C@H](NC(=O)[C@]1(NCCc2ccccc2)CCc2[nH]c3ccccc3c2C1)C(N)=O. The summed E-state index contributed by atoms with van der Waals surface area (Å²) < 4.78 is 0. The first kappa shape index (κ1) is 22.1. The number of rotatable bonds is 8. The number of H-pyrrole nitrogens is 1. The third-order valence-corrected chi connectivity index (χ3v) is 6.60. The highest BCUT2D eigenvalue weighted by Crippen LogP contribution is 2.34. The highest BCUT2D eigenvalue weighted by Gasteiger charge is 2.43. The number of primary amides is 1. The zero-order valence-corrected chi connectivity index (χ0v) is 18.8. The Hall–Kier alpha value is -3.12. The Kier molecular flexibility index (Phi) is 6.33. The summed E-state index contributed by atoms with van der Waals surface area (Å²) in [5.41, 5.74) is 9.47. The van der Waals surface area contributed by atoms with E-state index in [0.717, 1.165) is 23.7 Å². The van der Waals surface area contributed by atoms with Crippen molar-refractivity contribution in [1.29, 1.82) is 0 Å². The summed E-state index contributed by atoms with van der Waals surface area (Å²) in [4.78, 5) is 29.2. The smallest absolute Gasteiger partial charge is 0.241 e. The Morgan fingerprint density at radius 3 is 2.53 bits per heavy atom. The number of carbonyl (C=O) groups is 2. The van der Waals surface area contributed by atoms with E-state index in [0.29, 0.717) is 19.4 Å². The number of amides is 2. The first-order valence-electron chi connectivity index (χ1n) is 11.4. The van der Waals surface area contributed by atoms with Gasteiger partial charge < -0.3 is 21.4 Å². The lowest BCUT2D eigenvalue weighted by Gasteiger charge is -2.38. The molecule has 5 N–H and O–H groups in total. The van der Waals surface area contributed by atoms with Crippen molar-refractivity contribution in [3.63, 3.8) is 0 Å². The minimum absolute atomic E-state index is 0.0786. The van der Waals surface area contributed by atoms with E-state index in [2.05, 4.69) is 39.9 Å². The number of aromatic amines is 1. The summed E-state index contributed by atoms with van der Waals surface area (Å²) in [6, 6.07) is 17.8. The van der Waals surface area contributed by atoms with Gasteiger partial charge in [-0.05, 0) is 42.4 Å². The minimum atomic E-state index is -0.796. The Labute approximate surface area is 189 Å². The fourth-order valence-electron chi connectivity index (χ4n) is 4.76. The second-order valence-electron chi connectivity index (χ2n) is 9.15. The molecule has 32 heavy (non-hydrogen) atoms. The molecule has 1 aliphatic carbocycles. The van der Waals surface area contributed by atoms with Crippen molar-refractivity contribution in [3.05, 3.63) is 71.4 Å². The number of hydrogen-bond donors (Lipinski definition) is 4. The zero-order valence-electron chi connectivity index (χ0n) is 18.8. The first-order valence-corrected chi connectivity index (χ1v) is 11.4. The fraction of sp³-hybridized carbons (Fsp3) is 0.385. The Balaban J connectivity index is 1.62. The molecule has 2 amide bonds. The third-order valence-electron chi connectivity index (χ3n) is 6.60. The largest absolute Gasteiger partial charge is 0.368 e. The maximum absolute atomic E-state index is 13.7. The molecule has 168 valence electrons. The molecule has 0 radical (unpaired) electrons. The second-order valence-corrected chi connectivity index (χ2v) is 9.15. The van der Waals surface area contributed by atoms with Crippen LogP contribution in [0.5, 0.6) is 0 Å². The first-order chi connectivity index (χ1) is 15.4. The summed E-state index contributed by atoms with van der Waals surface area (Å²) in [6.07, 6.45) is 2.80. The lowest BCUT2D eigenvalue weighted by molar-refractivity contribution is -0.133. The summed E-state index contributed by atoms with van der Waals surface area (Å²) in [5.74, 6) is -0.736. The van der Waals surface area contributed by atoms with Crippen LogP contribution >= 0.6 is 0 Å². The van der Waals surface area contributed by atoms with E-state index in [4.69, 9.17) is 5.73 Å². The summed E-state index contributed by atoms with van der Waals surface area (Å²) in [5, 5.41) is 7.70. The van der Waals surface area contributed by atoms with Gasteiger partial charge in [0.15, 0.2) is 0 Å².